The number of thiazole rings is 1. The molecule has 0 saturated carbocycles. The molecule has 1 aliphatic rings. The van der Waals surface area contributed by atoms with Crippen LogP contribution in [-0.4, -0.2) is 53.3 Å². The fourth-order valence-corrected chi connectivity index (χ4v) is 4.72. The van der Waals surface area contributed by atoms with Gasteiger partial charge in [-0.15, -0.1) is 11.3 Å². The largest absolute Gasteiger partial charge is 0.459 e. The number of furan rings is 1. The van der Waals surface area contributed by atoms with E-state index in [1.807, 2.05) is 23.1 Å². The molecule has 3 heterocycles. The summed E-state index contributed by atoms with van der Waals surface area (Å²) in [7, 11) is 1.61. The van der Waals surface area contributed by atoms with Crippen LogP contribution in [0.25, 0.3) is 10.2 Å². The van der Waals surface area contributed by atoms with E-state index >= 15 is 0 Å². The number of amides is 2. The summed E-state index contributed by atoms with van der Waals surface area (Å²) in [5.41, 5.74) is 0.934. The minimum absolute atomic E-state index is 0.0445. The number of halogens is 1. The van der Waals surface area contributed by atoms with Crippen LogP contribution in [0.4, 0.5) is 0 Å². The van der Waals surface area contributed by atoms with Gasteiger partial charge in [-0.1, -0.05) is 11.6 Å². The van der Waals surface area contributed by atoms with Crippen molar-refractivity contribution in [2.24, 2.45) is 0 Å². The number of piperidine rings is 1. The number of fused-ring (bicyclic) bond motifs is 1. The summed E-state index contributed by atoms with van der Waals surface area (Å²) in [6, 6.07) is 9.03. The Kier molecular flexibility index (Phi) is 5.37. The van der Waals surface area contributed by atoms with Crippen LogP contribution >= 0.6 is 22.9 Å². The molecule has 0 spiro atoms. The minimum atomic E-state index is -0.290. The molecule has 0 atom stereocenters. The van der Waals surface area contributed by atoms with E-state index < -0.39 is 0 Å². The highest BCUT2D eigenvalue weighted by Crippen LogP contribution is 2.34. The summed E-state index contributed by atoms with van der Waals surface area (Å²) in [6.07, 6.45) is 3.19. The molecule has 2 amide bonds. The monoisotopic (exact) mass is 417 g/mol. The van der Waals surface area contributed by atoms with Crippen molar-refractivity contribution in [3.8, 4) is 0 Å². The van der Waals surface area contributed by atoms with Gasteiger partial charge in [0.2, 0.25) is 5.91 Å². The molecule has 0 bridgehead atoms. The van der Waals surface area contributed by atoms with Crippen LogP contribution in [0.15, 0.2) is 41.0 Å². The Bertz CT molecular complexity index is 993. The van der Waals surface area contributed by atoms with E-state index in [0.717, 1.165) is 28.1 Å². The first-order valence-electron chi connectivity index (χ1n) is 9.14. The first-order valence-corrected chi connectivity index (χ1v) is 10.3. The number of likely N-dealkylation sites (N-methyl/N-ethyl adjacent to an activating group) is 1. The third-order valence-corrected chi connectivity index (χ3v) is 6.45. The maximum absolute atomic E-state index is 12.6. The SMILES string of the molecule is CN(CC(=O)N1CCC(c2nc3cc(Cl)ccc3s2)CC1)C(=O)c1ccco1. The van der Waals surface area contributed by atoms with Crippen molar-refractivity contribution in [2.75, 3.05) is 26.7 Å². The van der Waals surface area contributed by atoms with E-state index in [-0.39, 0.29) is 24.1 Å². The van der Waals surface area contributed by atoms with E-state index in [0.29, 0.717) is 24.0 Å². The second-order valence-corrected chi connectivity index (χ2v) is 8.46. The lowest BCUT2D eigenvalue weighted by Gasteiger charge is -2.32. The summed E-state index contributed by atoms with van der Waals surface area (Å²) < 4.78 is 6.24. The number of carbonyl (C=O) groups excluding carboxylic acids is 2. The highest BCUT2D eigenvalue weighted by molar-refractivity contribution is 7.18. The van der Waals surface area contributed by atoms with Crippen LogP contribution in [0.5, 0.6) is 0 Å². The maximum atomic E-state index is 12.6. The quantitative estimate of drug-likeness (QED) is 0.643. The molecule has 146 valence electrons. The number of rotatable bonds is 4. The molecule has 8 heteroatoms. The van der Waals surface area contributed by atoms with Crippen LogP contribution in [0.2, 0.25) is 5.02 Å². The Hall–Kier alpha value is -2.38. The predicted molar refractivity (Wildman–Crippen MR) is 109 cm³/mol. The van der Waals surface area contributed by atoms with Gasteiger partial charge >= 0.3 is 0 Å². The van der Waals surface area contributed by atoms with Crippen LogP contribution in [-0.2, 0) is 4.79 Å². The molecule has 4 rings (SSSR count). The number of likely N-dealkylation sites (tertiary alicyclic amines) is 1. The smallest absolute Gasteiger partial charge is 0.289 e. The van der Waals surface area contributed by atoms with Crippen LogP contribution in [0.1, 0.15) is 34.3 Å². The van der Waals surface area contributed by atoms with Gasteiger partial charge in [-0.3, -0.25) is 9.59 Å². The number of hydrogen-bond donors (Lipinski definition) is 0. The topological polar surface area (TPSA) is 66.7 Å². The Morgan fingerprint density at radius 2 is 2.11 bits per heavy atom. The molecule has 1 fully saturated rings. The number of benzene rings is 1. The number of nitrogens with zero attached hydrogens (tertiary/aromatic N) is 3. The average Bonchev–Trinajstić information content (AvgIpc) is 3.37. The molecule has 2 aromatic heterocycles. The number of aromatic nitrogens is 1. The van der Waals surface area contributed by atoms with Gasteiger partial charge in [-0.2, -0.15) is 0 Å². The van der Waals surface area contributed by atoms with Crippen molar-refractivity contribution in [1.29, 1.82) is 0 Å². The van der Waals surface area contributed by atoms with E-state index in [9.17, 15) is 9.59 Å². The molecular weight excluding hydrogens is 398 g/mol. The highest BCUT2D eigenvalue weighted by atomic mass is 35.5. The van der Waals surface area contributed by atoms with Crippen molar-refractivity contribution >= 4 is 45.0 Å². The Labute approximate surface area is 171 Å². The highest BCUT2D eigenvalue weighted by Gasteiger charge is 2.27. The minimum Gasteiger partial charge on any atom is -0.459 e. The summed E-state index contributed by atoms with van der Waals surface area (Å²) in [5.74, 6) is 0.256. The van der Waals surface area contributed by atoms with Gasteiger partial charge < -0.3 is 14.2 Å². The van der Waals surface area contributed by atoms with E-state index in [1.54, 1.807) is 30.5 Å². The lowest BCUT2D eigenvalue weighted by atomic mass is 9.97. The normalized spacial score (nSPS) is 15.1. The van der Waals surface area contributed by atoms with Crippen molar-refractivity contribution in [2.45, 2.75) is 18.8 Å². The molecule has 0 radical (unpaired) electrons. The third kappa shape index (κ3) is 3.91. The molecule has 1 saturated heterocycles. The summed E-state index contributed by atoms with van der Waals surface area (Å²) in [4.78, 5) is 32.7. The van der Waals surface area contributed by atoms with E-state index in [4.69, 9.17) is 21.0 Å². The van der Waals surface area contributed by atoms with Gasteiger partial charge in [0.15, 0.2) is 5.76 Å². The zero-order valence-corrected chi connectivity index (χ0v) is 17.0. The van der Waals surface area contributed by atoms with Crippen LogP contribution in [0, 0.1) is 0 Å². The van der Waals surface area contributed by atoms with Crippen molar-refractivity contribution in [3.63, 3.8) is 0 Å². The maximum Gasteiger partial charge on any atom is 0.289 e. The standard InChI is InChI=1S/C20H20ClN3O3S/c1-23(20(26)16-3-2-10-27-16)12-18(25)24-8-6-13(7-9-24)19-22-15-11-14(21)4-5-17(15)28-19/h2-5,10-11,13H,6-9,12H2,1H3. The third-order valence-electron chi connectivity index (χ3n) is 5.01. The second-order valence-electron chi connectivity index (χ2n) is 6.96. The lowest BCUT2D eigenvalue weighted by Crippen LogP contribution is -2.44. The molecule has 3 aromatic rings. The first kappa shape index (κ1) is 19.0. The van der Waals surface area contributed by atoms with E-state index in [1.165, 1.54) is 11.2 Å². The molecule has 1 aliphatic heterocycles. The van der Waals surface area contributed by atoms with Gasteiger partial charge in [-0.25, -0.2) is 4.98 Å². The van der Waals surface area contributed by atoms with Gasteiger partial charge in [0.25, 0.3) is 5.91 Å². The Morgan fingerprint density at radius 3 is 2.82 bits per heavy atom. The van der Waals surface area contributed by atoms with Crippen molar-refractivity contribution < 1.29 is 14.0 Å². The van der Waals surface area contributed by atoms with Crippen molar-refractivity contribution in [1.82, 2.24) is 14.8 Å². The number of carbonyl (C=O) groups is 2. The average molecular weight is 418 g/mol. The molecule has 0 aliphatic carbocycles. The Balaban J connectivity index is 1.34. The zero-order chi connectivity index (χ0) is 19.7. The summed E-state index contributed by atoms with van der Waals surface area (Å²) >= 11 is 7.75. The predicted octanol–water partition coefficient (Wildman–Crippen LogP) is 4.02. The van der Waals surface area contributed by atoms with Crippen molar-refractivity contribution in [3.05, 3.63) is 52.4 Å². The number of hydrogen-bond acceptors (Lipinski definition) is 5. The fourth-order valence-electron chi connectivity index (χ4n) is 3.43. The van der Waals surface area contributed by atoms with Gasteiger partial charge in [-0.05, 0) is 43.2 Å². The molecular formula is C20H20ClN3O3S. The van der Waals surface area contributed by atoms with Crippen LogP contribution < -0.4 is 0 Å². The fraction of sp³-hybridized carbons (Fsp3) is 0.350. The van der Waals surface area contributed by atoms with E-state index in [2.05, 4.69) is 0 Å². The molecule has 0 unspecified atom stereocenters. The summed E-state index contributed by atoms with van der Waals surface area (Å²) in [5, 5.41) is 1.80. The molecule has 1 aromatic carbocycles. The zero-order valence-electron chi connectivity index (χ0n) is 15.4. The lowest BCUT2D eigenvalue weighted by molar-refractivity contribution is -0.132. The molecule has 6 nitrogen and oxygen atoms in total. The van der Waals surface area contributed by atoms with Gasteiger partial charge in [0.05, 0.1) is 28.0 Å². The molecule has 0 N–H and O–H groups in total. The second kappa shape index (κ2) is 7.93. The first-order chi connectivity index (χ1) is 13.5. The Morgan fingerprint density at radius 1 is 1.32 bits per heavy atom. The van der Waals surface area contributed by atoms with Gasteiger partial charge in [0, 0.05) is 31.1 Å². The van der Waals surface area contributed by atoms with Crippen LogP contribution in [0.3, 0.4) is 0 Å². The van der Waals surface area contributed by atoms with Gasteiger partial charge in [0.1, 0.15) is 0 Å². The molecule has 28 heavy (non-hydrogen) atoms. The summed E-state index contributed by atoms with van der Waals surface area (Å²) in [6.45, 7) is 1.38.